The minimum Gasteiger partial charge on any atom is -0.374 e. The van der Waals surface area contributed by atoms with Gasteiger partial charge in [-0.2, -0.15) is 0 Å². The predicted molar refractivity (Wildman–Crippen MR) is 59.4 cm³/mol. The fourth-order valence-electron chi connectivity index (χ4n) is 1.17. The summed E-state index contributed by atoms with van der Waals surface area (Å²) in [5, 5.41) is 9.57. The fourth-order valence-corrected chi connectivity index (χ4v) is 2.33. The Kier molecular flexibility index (Phi) is 2.94. The normalized spacial score (nSPS) is 12.9. The lowest BCUT2D eigenvalue weighted by Gasteiger charge is -2.18. The van der Waals surface area contributed by atoms with Gasteiger partial charge in [0, 0.05) is 0 Å². The molecule has 0 bridgehead atoms. The van der Waals surface area contributed by atoms with E-state index in [1.54, 1.807) is 12.1 Å². The molecule has 0 amide bonds. The number of rotatable bonds is 2. The summed E-state index contributed by atoms with van der Waals surface area (Å²) < 4.78 is 23.7. The third-order valence-corrected chi connectivity index (χ3v) is 4.64. The standard InChI is InChI=1S/C11H16O3S/c1-8-5-6-10(7-9(8)2)15(13,14)11(3,4)12/h5-7,12H,1-4H3. The van der Waals surface area contributed by atoms with E-state index in [4.69, 9.17) is 0 Å². The minimum atomic E-state index is -3.66. The third kappa shape index (κ3) is 2.21. The number of hydrogen-bond donors (Lipinski definition) is 1. The van der Waals surface area contributed by atoms with E-state index >= 15 is 0 Å². The Morgan fingerprint density at radius 3 is 2.07 bits per heavy atom. The molecule has 0 saturated heterocycles. The maximum absolute atomic E-state index is 11.9. The molecule has 0 spiro atoms. The van der Waals surface area contributed by atoms with E-state index in [0.29, 0.717) is 0 Å². The van der Waals surface area contributed by atoms with Crippen LogP contribution < -0.4 is 0 Å². The first kappa shape index (κ1) is 12.2. The van der Waals surface area contributed by atoms with Gasteiger partial charge in [0.15, 0.2) is 4.93 Å². The number of benzene rings is 1. The molecule has 0 saturated carbocycles. The van der Waals surface area contributed by atoms with E-state index in [1.807, 2.05) is 13.8 Å². The molecule has 1 aromatic carbocycles. The molecule has 1 aromatic rings. The Labute approximate surface area is 90.7 Å². The summed E-state index contributed by atoms with van der Waals surface area (Å²) in [5.74, 6) is 0. The van der Waals surface area contributed by atoms with Gasteiger partial charge in [0.1, 0.15) is 0 Å². The minimum absolute atomic E-state index is 0.165. The Morgan fingerprint density at radius 1 is 1.13 bits per heavy atom. The number of sulfone groups is 1. The zero-order chi connectivity index (χ0) is 11.9. The first-order valence-corrected chi connectivity index (χ1v) is 6.19. The van der Waals surface area contributed by atoms with Gasteiger partial charge in [-0.25, -0.2) is 8.42 Å². The fraction of sp³-hybridized carbons (Fsp3) is 0.455. The van der Waals surface area contributed by atoms with Crippen molar-refractivity contribution in [3.8, 4) is 0 Å². The van der Waals surface area contributed by atoms with Crippen molar-refractivity contribution in [3.63, 3.8) is 0 Å². The molecule has 15 heavy (non-hydrogen) atoms. The molecule has 1 N–H and O–H groups in total. The van der Waals surface area contributed by atoms with Crippen molar-refractivity contribution in [2.45, 2.75) is 37.5 Å². The average Bonchev–Trinajstić information content (AvgIpc) is 2.07. The van der Waals surface area contributed by atoms with Gasteiger partial charge in [-0.1, -0.05) is 6.07 Å². The van der Waals surface area contributed by atoms with Gasteiger partial charge in [0.05, 0.1) is 4.90 Å². The van der Waals surface area contributed by atoms with E-state index < -0.39 is 14.8 Å². The van der Waals surface area contributed by atoms with E-state index in [-0.39, 0.29) is 4.90 Å². The first-order valence-electron chi connectivity index (χ1n) is 4.70. The molecule has 0 heterocycles. The molecular weight excluding hydrogens is 212 g/mol. The first-order chi connectivity index (χ1) is 6.66. The van der Waals surface area contributed by atoms with Gasteiger partial charge in [0.25, 0.3) is 0 Å². The predicted octanol–water partition coefficient (Wildman–Crippen LogP) is 1.81. The van der Waals surface area contributed by atoms with Crippen molar-refractivity contribution >= 4 is 9.84 Å². The van der Waals surface area contributed by atoms with Gasteiger partial charge in [-0.3, -0.25) is 0 Å². The van der Waals surface area contributed by atoms with Crippen molar-refractivity contribution in [1.82, 2.24) is 0 Å². The number of aliphatic hydroxyl groups is 1. The summed E-state index contributed by atoms with van der Waals surface area (Å²) in [6.07, 6.45) is 0. The van der Waals surface area contributed by atoms with E-state index in [2.05, 4.69) is 0 Å². The average molecular weight is 228 g/mol. The molecule has 1 rings (SSSR count). The van der Waals surface area contributed by atoms with Gasteiger partial charge < -0.3 is 5.11 Å². The number of aryl methyl sites for hydroxylation is 2. The Hall–Kier alpha value is -0.870. The Balaban J connectivity index is 3.36. The largest absolute Gasteiger partial charge is 0.374 e. The monoisotopic (exact) mass is 228 g/mol. The van der Waals surface area contributed by atoms with Crippen LogP contribution in [0.2, 0.25) is 0 Å². The lowest BCUT2D eigenvalue weighted by Crippen LogP contribution is -2.31. The summed E-state index contributed by atoms with van der Waals surface area (Å²) >= 11 is 0. The second-order valence-corrected chi connectivity index (χ2v) is 6.67. The Morgan fingerprint density at radius 2 is 1.67 bits per heavy atom. The highest BCUT2D eigenvalue weighted by Crippen LogP contribution is 2.24. The van der Waals surface area contributed by atoms with Crippen molar-refractivity contribution in [3.05, 3.63) is 29.3 Å². The van der Waals surface area contributed by atoms with Crippen LogP contribution in [0.1, 0.15) is 25.0 Å². The van der Waals surface area contributed by atoms with Crippen molar-refractivity contribution in [2.24, 2.45) is 0 Å². The molecule has 0 aromatic heterocycles. The summed E-state index contributed by atoms with van der Waals surface area (Å²) in [7, 11) is -3.66. The third-order valence-electron chi connectivity index (χ3n) is 2.45. The highest BCUT2D eigenvalue weighted by Gasteiger charge is 2.33. The SMILES string of the molecule is Cc1ccc(S(=O)(=O)C(C)(C)O)cc1C. The van der Waals surface area contributed by atoms with Crippen LogP contribution in [0.5, 0.6) is 0 Å². The second-order valence-electron chi connectivity index (χ2n) is 4.20. The molecule has 0 radical (unpaired) electrons. The van der Waals surface area contributed by atoms with Crippen LogP contribution in [0, 0.1) is 13.8 Å². The quantitative estimate of drug-likeness (QED) is 0.839. The highest BCUT2D eigenvalue weighted by molar-refractivity contribution is 7.92. The van der Waals surface area contributed by atoms with E-state index in [1.165, 1.54) is 19.9 Å². The van der Waals surface area contributed by atoms with Gasteiger partial charge in [-0.15, -0.1) is 0 Å². The summed E-state index contributed by atoms with van der Waals surface area (Å²) in [4.78, 5) is -1.58. The van der Waals surface area contributed by atoms with Crippen LogP contribution >= 0.6 is 0 Å². The van der Waals surface area contributed by atoms with Crippen LogP contribution in [-0.2, 0) is 9.84 Å². The summed E-state index contributed by atoms with van der Waals surface area (Å²) in [5.41, 5.74) is 1.94. The topological polar surface area (TPSA) is 54.4 Å². The van der Waals surface area contributed by atoms with Gasteiger partial charge in [-0.05, 0) is 51.0 Å². The summed E-state index contributed by atoms with van der Waals surface area (Å²) in [6.45, 7) is 6.31. The van der Waals surface area contributed by atoms with Gasteiger partial charge >= 0.3 is 0 Å². The molecule has 84 valence electrons. The lowest BCUT2D eigenvalue weighted by atomic mass is 10.1. The van der Waals surface area contributed by atoms with Crippen LogP contribution in [0.15, 0.2) is 23.1 Å². The van der Waals surface area contributed by atoms with Crippen LogP contribution in [0.4, 0.5) is 0 Å². The maximum Gasteiger partial charge on any atom is 0.207 e. The molecule has 0 aliphatic heterocycles. The zero-order valence-electron chi connectivity index (χ0n) is 9.40. The molecule has 0 atom stereocenters. The number of hydrogen-bond acceptors (Lipinski definition) is 3. The van der Waals surface area contributed by atoms with Crippen LogP contribution in [0.25, 0.3) is 0 Å². The molecular formula is C11H16O3S. The van der Waals surface area contributed by atoms with Crippen LogP contribution in [0.3, 0.4) is 0 Å². The molecule has 3 nitrogen and oxygen atoms in total. The maximum atomic E-state index is 11.9. The Bertz CT molecular complexity index is 467. The highest BCUT2D eigenvalue weighted by atomic mass is 32.2. The molecule has 0 fully saturated rings. The molecule has 0 aliphatic rings. The zero-order valence-corrected chi connectivity index (χ0v) is 10.2. The van der Waals surface area contributed by atoms with Crippen LogP contribution in [-0.4, -0.2) is 18.5 Å². The van der Waals surface area contributed by atoms with Crippen molar-refractivity contribution in [2.75, 3.05) is 0 Å². The molecule has 0 unspecified atom stereocenters. The van der Waals surface area contributed by atoms with Crippen molar-refractivity contribution < 1.29 is 13.5 Å². The molecule has 4 heteroatoms. The van der Waals surface area contributed by atoms with E-state index in [9.17, 15) is 13.5 Å². The van der Waals surface area contributed by atoms with E-state index in [0.717, 1.165) is 11.1 Å². The molecule has 0 aliphatic carbocycles. The second kappa shape index (κ2) is 3.61. The van der Waals surface area contributed by atoms with Gasteiger partial charge in [0.2, 0.25) is 9.84 Å². The smallest absolute Gasteiger partial charge is 0.207 e. The summed E-state index contributed by atoms with van der Waals surface area (Å²) in [6, 6.07) is 4.85. The lowest BCUT2D eigenvalue weighted by molar-refractivity contribution is 0.165. The van der Waals surface area contributed by atoms with Crippen molar-refractivity contribution in [1.29, 1.82) is 0 Å².